The zero-order chi connectivity index (χ0) is 6.99. The van der Waals surface area contributed by atoms with Crippen molar-refractivity contribution in [2.24, 2.45) is 0 Å². The fraction of sp³-hybridized carbons (Fsp3) is 1.00. The summed E-state index contributed by atoms with van der Waals surface area (Å²) in [4.78, 5) is 0. The van der Waals surface area contributed by atoms with Gasteiger partial charge in [0.15, 0.2) is 0 Å². The number of nitrogens with one attached hydrogen (secondary N) is 1. The number of rotatable bonds is 2. The van der Waals surface area contributed by atoms with Gasteiger partial charge in [-0.15, -0.1) is 0 Å². The fourth-order valence-electron chi connectivity index (χ4n) is 0.158. The Labute approximate surface area is 52.8 Å². The third-order valence-corrected chi connectivity index (χ3v) is 0.856. The normalized spacial score (nSPS) is 8.25. The molecule has 0 fully saturated rings. The predicted molar refractivity (Wildman–Crippen MR) is 38.7 cm³/mol. The summed E-state index contributed by atoms with van der Waals surface area (Å²) in [6.07, 6.45) is 0. The van der Waals surface area contributed by atoms with Crippen molar-refractivity contribution < 1.29 is 0 Å². The van der Waals surface area contributed by atoms with Crippen molar-refractivity contribution in [3.8, 4) is 0 Å². The molecule has 0 bridgehead atoms. The molecule has 0 radical (unpaired) electrons. The molecule has 0 amide bonds. The van der Waals surface area contributed by atoms with E-state index in [2.05, 4.69) is 12.3 Å². The molecule has 0 unspecified atom stereocenters. The van der Waals surface area contributed by atoms with Crippen LogP contribution in [-0.4, -0.2) is 25.6 Å². The second kappa shape index (κ2) is 10.0. The second-order valence-corrected chi connectivity index (χ2v) is 1.24. The lowest BCUT2D eigenvalue weighted by Gasteiger charge is -2.09. The van der Waals surface area contributed by atoms with Crippen molar-refractivity contribution in [1.29, 1.82) is 0 Å². The van der Waals surface area contributed by atoms with Crippen LogP contribution in [-0.2, 0) is 0 Å². The maximum Gasteiger partial charge on any atom is 0.00988 e. The Morgan fingerprint density at radius 2 is 1.75 bits per heavy atom. The standard InChI is InChI=1S/C4H12N2.C2H6/c1-4-6(3)5-2;1-2/h5H,4H2,1-3H3;1-2H3. The van der Waals surface area contributed by atoms with Crippen LogP contribution >= 0.6 is 0 Å². The third-order valence-electron chi connectivity index (χ3n) is 0.856. The van der Waals surface area contributed by atoms with Gasteiger partial charge >= 0.3 is 0 Å². The fourth-order valence-corrected chi connectivity index (χ4v) is 0.158. The van der Waals surface area contributed by atoms with Gasteiger partial charge in [0.2, 0.25) is 0 Å². The number of hydrogen-bond donors (Lipinski definition) is 1. The molecule has 8 heavy (non-hydrogen) atoms. The van der Waals surface area contributed by atoms with Crippen LogP contribution in [0.1, 0.15) is 20.8 Å². The molecular formula is C6H18N2. The zero-order valence-electron chi connectivity index (χ0n) is 6.65. The van der Waals surface area contributed by atoms with Gasteiger partial charge in [-0.2, -0.15) is 0 Å². The monoisotopic (exact) mass is 118 g/mol. The van der Waals surface area contributed by atoms with Crippen molar-refractivity contribution in [1.82, 2.24) is 10.4 Å². The Bertz CT molecular complexity index is 25.7. The molecule has 0 aliphatic rings. The Hall–Kier alpha value is -0.0800. The van der Waals surface area contributed by atoms with Gasteiger partial charge < -0.3 is 0 Å². The summed E-state index contributed by atoms with van der Waals surface area (Å²) in [7, 11) is 3.91. The summed E-state index contributed by atoms with van der Waals surface area (Å²) in [5, 5.41) is 2.00. The highest BCUT2D eigenvalue weighted by Gasteiger charge is 1.79. The molecule has 0 aromatic heterocycles. The van der Waals surface area contributed by atoms with E-state index in [0.29, 0.717) is 0 Å². The van der Waals surface area contributed by atoms with Crippen molar-refractivity contribution in [3.05, 3.63) is 0 Å². The molecular weight excluding hydrogens is 100 g/mol. The Morgan fingerprint density at radius 3 is 1.75 bits per heavy atom. The summed E-state index contributed by atoms with van der Waals surface area (Å²) in [6.45, 7) is 7.15. The lowest BCUT2D eigenvalue weighted by atomic mass is 10.7. The van der Waals surface area contributed by atoms with Crippen LogP contribution in [0.15, 0.2) is 0 Å². The maximum atomic E-state index is 2.95. The first-order valence-electron chi connectivity index (χ1n) is 3.19. The Balaban J connectivity index is 0. The molecule has 0 aromatic rings. The lowest BCUT2D eigenvalue weighted by molar-refractivity contribution is 0.275. The number of hydrazine groups is 1. The molecule has 0 heterocycles. The van der Waals surface area contributed by atoms with Crippen LogP contribution in [0.4, 0.5) is 0 Å². The lowest BCUT2D eigenvalue weighted by Crippen LogP contribution is -2.29. The predicted octanol–water partition coefficient (Wildman–Crippen LogP) is 1.10. The van der Waals surface area contributed by atoms with Gasteiger partial charge in [-0.1, -0.05) is 20.8 Å². The average Bonchev–Trinajstić information content (AvgIpc) is 1.91. The highest BCUT2D eigenvalue weighted by atomic mass is 15.5. The second-order valence-electron chi connectivity index (χ2n) is 1.24. The molecule has 0 saturated heterocycles. The summed E-state index contributed by atoms with van der Waals surface area (Å²) in [6, 6.07) is 0. The summed E-state index contributed by atoms with van der Waals surface area (Å²) >= 11 is 0. The molecule has 2 nitrogen and oxygen atoms in total. The van der Waals surface area contributed by atoms with Crippen molar-refractivity contribution in [2.45, 2.75) is 20.8 Å². The zero-order valence-corrected chi connectivity index (χ0v) is 6.65. The van der Waals surface area contributed by atoms with Crippen LogP contribution in [0, 0.1) is 0 Å². The molecule has 0 saturated carbocycles. The Kier molecular flexibility index (Phi) is 13.6. The van der Waals surface area contributed by atoms with E-state index in [0.717, 1.165) is 6.54 Å². The first kappa shape index (κ1) is 10.8. The van der Waals surface area contributed by atoms with Crippen LogP contribution in [0.25, 0.3) is 0 Å². The van der Waals surface area contributed by atoms with Gasteiger partial charge in [-0.25, -0.2) is 5.01 Å². The average molecular weight is 118 g/mol. The van der Waals surface area contributed by atoms with E-state index in [-0.39, 0.29) is 0 Å². The minimum absolute atomic E-state index is 1.05. The molecule has 0 aliphatic carbocycles. The van der Waals surface area contributed by atoms with Crippen LogP contribution in [0.2, 0.25) is 0 Å². The first-order valence-corrected chi connectivity index (χ1v) is 3.19. The highest BCUT2D eigenvalue weighted by Crippen LogP contribution is 1.64. The first-order chi connectivity index (χ1) is 3.81. The minimum atomic E-state index is 1.05. The molecule has 0 aliphatic heterocycles. The summed E-state index contributed by atoms with van der Waals surface area (Å²) in [5.41, 5.74) is 2.95. The van der Waals surface area contributed by atoms with E-state index in [4.69, 9.17) is 0 Å². The van der Waals surface area contributed by atoms with E-state index in [1.54, 1.807) is 0 Å². The minimum Gasteiger partial charge on any atom is -0.259 e. The van der Waals surface area contributed by atoms with E-state index in [1.165, 1.54) is 0 Å². The molecule has 1 N–H and O–H groups in total. The van der Waals surface area contributed by atoms with Crippen molar-refractivity contribution >= 4 is 0 Å². The SMILES string of the molecule is CC.CCN(C)NC. The quantitative estimate of drug-likeness (QED) is 0.546. The molecule has 0 spiro atoms. The van der Waals surface area contributed by atoms with Gasteiger partial charge in [0.1, 0.15) is 0 Å². The van der Waals surface area contributed by atoms with Crippen LogP contribution in [0.3, 0.4) is 0 Å². The molecule has 52 valence electrons. The number of hydrogen-bond acceptors (Lipinski definition) is 2. The van der Waals surface area contributed by atoms with Gasteiger partial charge in [-0.3, -0.25) is 5.43 Å². The van der Waals surface area contributed by atoms with E-state index >= 15 is 0 Å². The van der Waals surface area contributed by atoms with E-state index < -0.39 is 0 Å². The van der Waals surface area contributed by atoms with E-state index in [9.17, 15) is 0 Å². The third kappa shape index (κ3) is 9.33. The number of nitrogens with zero attached hydrogens (tertiary/aromatic N) is 1. The van der Waals surface area contributed by atoms with Gasteiger partial charge in [0.25, 0.3) is 0 Å². The molecule has 0 aromatic carbocycles. The van der Waals surface area contributed by atoms with Crippen molar-refractivity contribution in [3.63, 3.8) is 0 Å². The Morgan fingerprint density at radius 1 is 1.38 bits per heavy atom. The molecule has 2 heteroatoms. The van der Waals surface area contributed by atoms with Crippen LogP contribution in [0.5, 0.6) is 0 Å². The summed E-state index contributed by atoms with van der Waals surface area (Å²) in [5.74, 6) is 0. The maximum absolute atomic E-state index is 2.95. The van der Waals surface area contributed by atoms with Crippen LogP contribution < -0.4 is 5.43 Å². The smallest absolute Gasteiger partial charge is 0.00988 e. The van der Waals surface area contributed by atoms with Gasteiger partial charge in [0, 0.05) is 13.6 Å². The van der Waals surface area contributed by atoms with E-state index in [1.807, 2.05) is 33.0 Å². The summed E-state index contributed by atoms with van der Waals surface area (Å²) < 4.78 is 0. The molecule has 0 rings (SSSR count). The van der Waals surface area contributed by atoms with Gasteiger partial charge in [-0.05, 0) is 7.05 Å². The van der Waals surface area contributed by atoms with Gasteiger partial charge in [0.05, 0.1) is 0 Å². The van der Waals surface area contributed by atoms with Crippen molar-refractivity contribution in [2.75, 3.05) is 20.6 Å². The highest BCUT2D eigenvalue weighted by molar-refractivity contribution is 4.27. The largest absolute Gasteiger partial charge is 0.259 e. The topological polar surface area (TPSA) is 15.3 Å². The molecule has 0 atom stereocenters.